The van der Waals surface area contributed by atoms with E-state index in [2.05, 4.69) is 0 Å². The highest BCUT2D eigenvalue weighted by atomic mass is 35.5. The molecule has 1 aromatic carbocycles. The zero-order chi connectivity index (χ0) is 8.55. The van der Waals surface area contributed by atoms with Crippen molar-refractivity contribution in [1.29, 1.82) is 0 Å². The zero-order valence-electron chi connectivity index (χ0n) is 6.07. The molecular formula is C8H6ClNO2. The number of halogens is 1. The molecule has 0 unspecified atom stereocenters. The molecule has 2 rings (SSSR count). The van der Waals surface area contributed by atoms with Crippen molar-refractivity contribution in [2.75, 3.05) is 4.58 Å². The van der Waals surface area contributed by atoms with Crippen LogP contribution in [-0.2, 0) is 0 Å². The summed E-state index contributed by atoms with van der Waals surface area (Å²) in [5, 5.41) is 9.80. The van der Waals surface area contributed by atoms with Crippen molar-refractivity contribution in [2.45, 2.75) is 0 Å². The summed E-state index contributed by atoms with van der Waals surface area (Å²) in [5.74, 6) is 0. The molecule has 0 radical (unpaired) electrons. The second kappa shape index (κ2) is 2.69. The molecule has 0 spiro atoms. The van der Waals surface area contributed by atoms with Crippen molar-refractivity contribution in [1.82, 2.24) is 0 Å². The molecule has 4 heteroatoms. The largest absolute Gasteiger partial charge is 0.464 e. The predicted octanol–water partition coefficient (Wildman–Crippen LogP) is 2.78. The van der Waals surface area contributed by atoms with Crippen LogP contribution in [0.15, 0.2) is 34.9 Å². The van der Waals surface area contributed by atoms with E-state index in [-0.39, 0.29) is 0 Å². The van der Waals surface area contributed by atoms with Crippen molar-refractivity contribution in [3.05, 3.63) is 30.5 Å². The number of fused-ring (bicyclic) bond motifs is 1. The van der Waals surface area contributed by atoms with E-state index in [1.807, 2.05) is 0 Å². The van der Waals surface area contributed by atoms with Gasteiger partial charge in [-0.05, 0) is 24.3 Å². The number of furan rings is 1. The van der Waals surface area contributed by atoms with E-state index in [0.717, 1.165) is 11.0 Å². The van der Waals surface area contributed by atoms with Crippen LogP contribution in [0.25, 0.3) is 11.0 Å². The molecule has 0 atom stereocenters. The number of nitrogens with zero attached hydrogens (tertiary/aromatic N) is 1. The Kier molecular flexibility index (Phi) is 1.67. The third-order valence-corrected chi connectivity index (χ3v) is 1.84. The van der Waals surface area contributed by atoms with Crippen LogP contribution >= 0.6 is 11.8 Å². The molecule has 0 bridgehead atoms. The average molecular weight is 184 g/mol. The summed E-state index contributed by atoms with van der Waals surface area (Å²) >= 11 is 5.33. The van der Waals surface area contributed by atoms with Gasteiger partial charge < -0.3 is 4.42 Å². The van der Waals surface area contributed by atoms with Crippen LogP contribution in [0, 0.1) is 0 Å². The van der Waals surface area contributed by atoms with E-state index in [1.165, 1.54) is 0 Å². The van der Waals surface area contributed by atoms with Gasteiger partial charge in [0.15, 0.2) is 0 Å². The third kappa shape index (κ3) is 1.13. The molecular weight excluding hydrogens is 178 g/mol. The van der Waals surface area contributed by atoms with Crippen LogP contribution in [-0.4, -0.2) is 5.21 Å². The Labute approximate surface area is 73.8 Å². The van der Waals surface area contributed by atoms with Crippen molar-refractivity contribution in [3.63, 3.8) is 0 Å². The van der Waals surface area contributed by atoms with Crippen LogP contribution in [0.3, 0.4) is 0 Å². The Bertz CT molecular complexity index is 397. The number of hydrogen-bond acceptors (Lipinski definition) is 3. The van der Waals surface area contributed by atoms with Gasteiger partial charge in [0.1, 0.15) is 5.58 Å². The summed E-state index contributed by atoms with van der Waals surface area (Å²) in [5.41, 5.74) is 1.29. The Morgan fingerprint density at radius 3 is 2.92 bits per heavy atom. The maximum Gasteiger partial charge on any atom is 0.134 e. The van der Waals surface area contributed by atoms with Crippen LogP contribution in [0.4, 0.5) is 5.69 Å². The molecule has 2 aromatic rings. The van der Waals surface area contributed by atoms with Crippen LogP contribution < -0.4 is 4.58 Å². The molecule has 0 fully saturated rings. The number of rotatable bonds is 1. The van der Waals surface area contributed by atoms with Gasteiger partial charge in [-0.15, -0.1) is 0 Å². The van der Waals surface area contributed by atoms with Crippen molar-refractivity contribution in [3.8, 4) is 0 Å². The number of anilines is 1. The summed E-state index contributed by atoms with van der Waals surface area (Å²) in [6.07, 6.45) is 1.59. The van der Waals surface area contributed by atoms with Gasteiger partial charge >= 0.3 is 0 Å². The Hall–Kier alpha value is -1.19. The third-order valence-electron chi connectivity index (χ3n) is 1.65. The maximum atomic E-state index is 8.89. The molecule has 1 N–H and O–H groups in total. The van der Waals surface area contributed by atoms with Crippen molar-refractivity contribution < 1.29 is 9.62 Å². The van der Waals surface area contributed by atoms with E-state index in [1.54, 1.807) is 30.5 Å². The predicted molar refractivity (Wildman–Crippen MR) is 46.3 cm³/mol. The molecule has 0 aliphatic heterocycles. The molecule has 0 aliphatic rings. The van der Waals surface area contributed by atoms with Crippen molar-refractivity contribution >= 4 is 28.4 Å². The fourth-order valence-electron chi connectivity index (χ4n) is 1.07. The van der Waals surface area contributed by atoms with Gasteiger partial charge in [0.25, 0.3) is 0 Å². The molecule has 62 valence electrons. The monoisotopic (exact) mass is 183 g/mol. The summed E-state index contributed by atoms with van der Waals surface area (Å²) in [4.78, 5) is 0. The minimum Gasteiger partial charge on any atom is -0.464 e. The second-order valence-electron chi connectivity index (χ2n) is 2.40. The van der Waals surface area contributed by atoms with Crippen LogP contribution in [0.1, 0.15) is 0 Å². The smallest absolute Gasteiger partial charge is 0.134 e. The van der Waals surface area contributed by atoms with Gasteiger partial charge in [-0.1, -0.05) is 0 Å². The average Bonchev–Trinajstić information content (AvgIpc) is 2.49. The normalized spacial score (nSPS) is 10.5. The van der Waals surface area contributed by atoms with Crippen LogP contribution in [0.2, 0.25) is 0 Å². The molecule has 3 nitrogen and oxygen atoms in total. The summed E-state index contributed by atoms with van der Waals surface area (Å²) in [6, 6.07) is 6.94. The molecule has 0 saturated heterocycles. The fraction of sp³-hybridized carbons (Fsp3) is 0. The van der Waals surface area contributed by atoms with Gasteiger partial charge in [-0.25, -0.2) is 0 Å². The topological polar surface area (TPSA) is 36.6 Å². The molecule has 0 amide bonds. The molecule has 12 heavy (non-hydrogen) atoms. The highest BCUT2D eigenvalue weighted by molar-refractivity contribution is 6.24. The van der Waals surface area contributed by atoms with E-state index in [4.69, 9.17) is 21.4 Å². The highest BCUT2D eigenvalue weighted by Gasteiger charge is 2.01. The minimum absolute atomic E-state index is 0.519. The zero-order valence-corrected chi connectivity index (χ0v) is 6.82. The molecule has 1 heterocycles. The maximum absolute atomic E-state index is 8.89. The lowest BCUT2D eigenvalue weighted by atomic mass is 10.2. The summed E-state index contributed by atoms with van der Waals surface area (Å²) < 4.78 is 5.66. The lowest BCUT2D eigenvalue weighted by Crippen LogP contribution is -2.00. The molecule has 0 aliphatic carbocycles. The summed E-state index contributed by atoms with van der Waals surface area (Å²) in [6.45, 7) is 0. The van der Waals surface area contributed by atoms with Gasteiger partial charge in [-0.3, -0.25) is 5.21 Å². The van der Waals surface area contributed by atoms with E-state index in [9.17, 15) is 0 Å². The van der Waals surface area contributed by atoms with Gasteiger partial charge in [-0.2, -0.15) is 4.58 Å². The number of hydrogen-bond donors (Lipinski definition) is 1. The highest BCUT2D eigenvalue weighted by Crippen LogP contribution is 2.22. The van der Waals surface area contributed by atoms with E-state index in [0.29, 0.717) is 10.3 Å². The quantitative estimate of drug-likeness (QED) is 0.546. The first-order chi connectivity index (χ1) is 5.77. The second-order valence-corrected chi connectivity index (χ2v) is 2.72. The lowest BCUT2D eigenvalue weighted by molar-refractivity contribution is 0.326. The first kappa shape index (κ1) is 7.46. The minimum atomic E-state index is 0.519. The van der Waals surface area contributed by atoms with Crippen LogP contribution in [0.5, 0.6) is 0 Å². The summed E-state index contributed by atoms with van der Waals surface area (Å²) in [7, 11) is 0. The van der Waals surface area contributed by atoms with Gasteiger partial charge in [0.2, 0.25) is 0 Å². The fourth-order valence-corrected chi connectivity index (χ4v) is 1.17. The standard InChI is InChI=1S/C8H6ClNO2/c9-10(11)7-1-2-8-6(5-7)3-4-12-8/h1-5,11H. The SMILES string of the molecule is ON(Cl)c1ccc2occc2c1. The van der Waals surface area contributed by atoms with E-state index >= 15 is 0 Å². The van der Waals surface area contributed by atoms with Crippen molar-refractivity contribution in [2.24, 2.45) is 0 Å². The van der Waals surface area contributed by atoms with E-state index < -0.39 is 0 Å². The first-order valence-electron chi connectivity index (χ1n) is 3.39. The molecule has 1 aromatic heterocycles. The first-order valence-corrected chi connectivity index (χ1v) is 3.73. The Balaban J connectivity index is 2.60. The Morgan fingerprint density at radius 2 is 2.17 bits per heavy atom. The Morgan fingerprint density at radius 1 is 1.33 bits per heavy atom. The number of benzene rings is 1. The van der Waals surface area contributed by atoms with Gasteiger partial charge in [0.05, 0.1) is 12.0 Å². The lowest BCUT2D eigenvalue weighted by Gasteiger charge is -2.04. The van der Waals surface area contributed by atoms with Gasteiger partial charge in [0, 0.05) is 17.2 Å². The molecule has 0 saturated carbocycles.